The van der Waals surface area contributed by atoms with E-state index in [1.165, 1.54) is 25.7 Å². The van der Waals surface area contributed by atoms with Gasteiger partial charge in [-0.1, -0.05) is 42.6 Å². The zero-order chi connectivity index (χ0) is 11.1. The first-order valence-corrected chi connectivity index (χ1v) is 6.97. The fraction of sp³-hybridized carbons (Fsp3) is 0.692. The van der Waals surface area contributed by atoms with Crippen molar-refractivity contribution in [2.24, 2.45) is 5.41 Å². The minimum atomic E-state index is 0.383. The summed E-state index contributed by atoms with van der Waals surface area (Å²) in [6, 6.07) is 4.06. The maximum absolute atomic E-state index is 5.45. The van der Waals surface area contributed by atoms with E-state index in [2.05, 4.69) is 35.8 Å². The molecule has 0 N–H and O–H groups in total. The van der Waals surface area contributed by atoms with Crippen LogP contribution in [0.5, 0.6) is 0 Å². The van der Waals surface area contributed by atoms with Gasteiger partial charge in [-0.15, -0.1) is 0 Å². The molecular weight excluding hydrogens is 252 g/mol. The Morgan fingerprint density at radius 1 is 1.40 bits per heavy atom. The van der Waals surface area contributed by atoms with Crippen LogP contribution in [0.3, 0.4) is 0 Å². The molecule has 1 aromatic rings. The Bertz CT molecular complexity index is 250. The summed E-state index contributed by atoms with van der Waals surface area (Å²) in [6.45, 7) is 4.53. The van der Waals surface area contributed by atoms with E-state index in [-0.39, 0.29) is 0 Å². The van der Waals surface area contributed by atoms with Crippen molar-refractivity contribution in [3.8, 4) is 0 Å². The fourth-order valence-electron chi connectivity index (χ4n) is 1.93. The molecule has 86 valence electrons. The predicted octanol–water partition coefficient (Wildman–Crippen LogP) is 4.80. The Balaban J connectivity index is 2.63. The van der Waals surface area contributed by atoms with Crippen molar-refractivity contribution in [1.29, 1.82) is 0 Å². The van der Waals surface area contributed by atoms with Crippen LogP contribution in [0.4, 0.5) is 0 Å². The van der Waals surface area contributed by atoms with Gasteiger partial charge in [0.1, 0.15) is 5.76 Å². The molecule has 15 heavy (non-hydrogen) atoms. The molecule has 1 heterocycles. The molecular formula is C13H21BrO. The summed E-state index contributed by atoms with van der Waals surface area (Å²) in [5.74, 6) is 1.12. The normalized spacial score (nSPS) is 15.1. The molecule has 1 atom stereocenters. The molecule has 0 fully saturated rings. The standard InChI is InChI=1S/C13H21BrO/c1-3-5-8-13(4-2,11-14)10-12-7-6-9-15-12/h6-7,9H,3-5,8,10-11H2,1-2H3. The number of hydrogen-bond acceptors (Lipinski definition) is 1. The van der Waals surface area contributed by atoms with Gasteiger partial charge in [-0.3, -0.25) is 0 Å². The third kappa shape index (κ3) is 3.67. The molecule has 0 radical (unpaired) electrons. The Kier molecular flexibility index (Phi) is 5.44. The smallest absolute Gasteiger partial charge is 0.104 e. The van der Waals surface area contributed by atoms with Crippen LogP contribution in [0, 0.1) is 5.41 Å². The Labute approximate surface area is 101 Å². The van der Waals surface area contributed by atoms with Crippen LogP contribution in [-0.4, -0.2) is 5.33 Å². The van der Waals surface area contributed by atoms with Crippen LogP contribution < -0.4 is 0 Å². The Morgan fingerprint density at radius 3 is 2.67 bits per heavy atom. The van der Waals surface area contributed by atoms with E-state index in [0.29, 0.717) is 5.41 Å². The van der Waals surface area contributed by atoms with Gasteiger partial charge in [0, 0.05) is 11.8 Å². The first-order chi connectivity index (χ1) is 7.26. The number of unbranched alkanes of at least 4 members (excludes halogenated alkanes) is 1. The summed E-state index contributed by atoms with van der Waals surface area (Å²) in [4.78, 5) is 0. The van der Waals surface area contributed by atoms with Crippen molar-refractivity contribution in [2.75, 3.05) is 5.33 Å². The molecule has 0 bridgehead atoms. The van der Waals surface area contributed by atoms with Crippen molar-refractivity contribution in [3.05, 3.63) is 24.2 Å². The third-order valence-electron chi connectivity index (χ3n) is 3.22. The van der Waals surface area contributed by atoms with Crippen LogP contribution in [0.15, 0.2) is 22.8 Å². The number of rotatable bonds is 7. The lowest BCUT2D eigenvalue weighted by atomic mass is 9.78. The maximum Gasteiger partial charge on any atom is 0.104 e. The van der Waals surface area contributed by atoms with Crippen molar-refractivity contribution >= 4 is 15.9 Å². The quantitative estimate of drug-likeness (QED) is 0.650. The lowest BCUT2D eigenvalue weighted by Crippen LogP contribution is -2.24. The van der Waals surface area contributed by atoms with Crippen LogP contribution in [0.25, 0.3) is 0 Å². The molecule has 0 amide bonds. The van der Waals surface area contributed by atoms with Gasteiger partial charge in [-0.2, -0.15) is 0 Å². The van der Waals surface area contributed by atoms with Crippen LogP contribution in [0.1, 0.15) is 45.3 Å². The molecule has 0 aromatic carbocycles. The summed E-state index contributed by atoms with van der Waals surface area (Å²) in [6.07, 6.45) is 7.89. The molecule has 0 aliphatic rings. The van der Waals surface area contributed by atoms with Crippen LogP contribution >= 0.6 is 15.9 Å². The van der Waals surface area contributed by atoms with Gasteiger partial charge >= 0.3 is 0 Å². The van der Waals surface area contributed by atoms with Gasteiger partial charge in [-0.25, -0.2) is 0 Å². The molecule has 1 nitrogen and oxygen atoms in total. The average Bonchev–Trinajstić information content (AvgIpc) is 2.77. The zero-order valence-electron chi connectivity index (χ0n) is 9.76. The van der Waals surface area contributed by atoms with Crippen molar-refractivity contribution in [2.45, 2.75) is 46.0 Å². The highest BCUT2D eigenvalue weighted by Gasteiger charge is 2.27. The average molecular weight is 273 g/mol. The van der Waals surface area contributed by atoms with E-state index in [0.717, 1.165) is 17.5 Å². The minimum absolute atomic E-state index is 0.383. The van der Waals surface area contributed by atoms with Gasteiger partial charge in [0.25, 0.3) is 0 Å². The summed E-state index contributed by atoms with van der Waals surface area (Å²) >= 11 is 3.67. The largest absolute Gasteiger partial charge is 0.469 e. The van der Waals surface area contributed by atoms with E-state index in [4.69, 9.17) is 4.42 Å². The van der Waals surface area contributed by atoms with Gasteiger partial charge in [-0.05, 0) is 30.4 Å². The van der Waals surface area contributed by atoms with E-state index in [1.807, 2.05) is 6.07 Å². The number of alkyl halides is 1. The summed E-state index contributed by atoms with van der Waals surface area (Å²) in [5.41, 5.74) is 0.383. The van der Waals surface area contributed by atoms with E-state index < -0.39 is 0 Å². The Morgan fingerprint density at radius 2 is 2.20 bits per heavy atom. The molecule has 0 saturated carbocycles. The fourth-order valence-corrected chi connectivity index (χ4v) is 2.81. The number of furan rings is 1. The molecule has 0 aliphatic heterocycles. The van der Waals surface area contributed by atoms with Crippen LogP contribution in [-0.2, 0) is 6.42 Å². The molecule has 0 saturated heterocycles. The minimum Gasteiger partial charge on any atom is -0.469 e. The molecule has 1 rings (SSSR count). The second-order valence-corrected chi connectivity index (χ2v) is 4.91. The monoisotopic (exact) mass is 272 g/mol. The summed E-state index contributed by atoms with van der Waals surface area (Å²) < 4.78 is 5.45. The molecule has 0 aliphatic carbocycles. The highest BCUT2D eigenvalue weighted by atomic mass is 79.9. The first-order valence-electron chi connectivity index (χ1n) is 5.84. The highest BCUT2D eigenvalue weighted by molar-refractivity contribution is 9.09. The molecule has 2 heteroatoms. The van der Waals surface area contributed by atoms with Gasteiger partial charge in [0.05, 0.1) is 6.26 Å². The Hall–Kier alpha value is -0.240. The highest BCUT2D eigenvalue weighted by Crippen LogP contribution is 2.35. The van der Waals surface area contributed by atoms with Gasteiger partial charge in [0.2, 0.25) is 0 Å². The van der Waals surface area contributed by atoms with Crippen molar-refractivity contribution < 1.29 is 4.42 Å². The first kappa shape index (κ1) is 12.8. The number of hydrogen-bond donors (Lipinski definition) is 0. The summed E-state index contributed by atoms with van der Waals surface area (Å²) in [7, 11) is 0. The third-order valence-corrected chi connectivity index (χ3v) is 4.41. The van der Waals surface area contributed by atoms with Crippen molar-refractivity contribution in [1.82, 2.24) is 0 Å². The van der Waals surface area contributed by atoms with Gasteiger partial charge < -0.3 is 4.42 Å². The second-order valence-electron chi connectivity index (χ2n) is 4.35. The van der Waals surface area contributed by atoms with E-state index in [1.54, 1.807) is 6.26 Å². The lowest BCUT2D eigenvalue weighted by molar-refractivity contribution is 0.263. The number of halogens is 1. The molecule has 1 unspecified atom stereocenters. The zero-order valence-corrected chi connectivity index (χ0v) is 11.3. The van der Waals surface area contributed by atoms with E-state index >= 15 is 0 Å². The van der Waals surface area contributed by atoms with Gasteiger partial charge in [0.15, 0.2) is 0 Å². The SMILES string of the molecule is CCCCC(CC)(CBr)Cc1ccco1. The summed E-state index contributed by atoms with van der Waals surface area (Å²) in [5, 5.41) is 1.07. The van der Waals surface area contributed by atoms with Crippen LogP contribution in [0.2, 0.25) is 0 Å². The maximum atomic E-state index is 5.45. The molecule has 1 aromatic heterocycles. The topological polar surface area (TPSA) is 13.1 Å². The van der Waals surface area contributed by atoms with Crippen molar-refractivity contribution in [3.63, 3.8) is 0 Å². The second kappa shape index (κ2) is 6.37. The lowest BCUT2D eigenvalue weighted by Gasteiger charge is -2.30. The molecule has 0 spiro atoms. The predicted molar refractivity (Wildman–Crippen MR) is 68.5 cm³/mol. The van der Waals surface area contributed by atoms with E-state index in [9.17, 15) is 0 Å².